The Kier molecular flexibility index (Phi) is 4.57. The van der Waals surface area contributed by atoms with Gasteiger partial charge in [-0.05, 0) is 30.3 Å². The summed E-state index contributed by atoms with van der Waals surface area (Å²) in [6.45, 7) is 0.320. The van der Waals surface area contributed by atoms with E-state index in [0.29, 0.717) is 28.8 Å². The number of amides is 1. The summed E-state index contributed by atoms with van der Waals surface area (Å²) in [6.07, 6.45) is 1.65. The number of hydrogen-bond acceptors (Lipinski definition) is 4. The molecule has 0 aliphatic heterocycles. The zero-order valence-electron chi connectivity index (χ0n) is 13.2. The van der Waals surface area contributed by atoms with Gasteiger partial charge in [-0.25, -0.2) is 4.52 Å². The Bertz CT molecular complexity index is 892. The van der Waals surface area contributed by atoms with Crippen LogP contribution >= 0.6 is 11.6 Å². The first-order valence-electron chi connectivity index (χ1n) is 7.25. The number of fused-ring (bicyclic) bond motifs is 1. The number of nitrogens with zero attached hydrogens (tertiary/aromatic N) is 2. The number of hydrogen-bond donors (Lipinski definition) is 1. The van der Waals surface area contributed by atoms with Gasteiger partial charge in [0, 0.05) is 24.4 Å². The van der Waals surface area contributed by atoms with Gasteiger partial charge < -0.3 is 14.8 Å². The van der Waals surface area contributed by atoms with Gasteiger partial charge >= 0.3 is 0 Å². The molecule has 7 heteroatoms. The van der Waals surface area contributed by atoms with Crippen molar-refractivity contribution in [3.63, 3.8) is 0 Å². The van der Waals surface area contributed by atoms with Crippen molar-refractivity contribution in [3.8, 4) is 11.5 Å². The number of aromatic nitrogens is 2. The first-order valence-corrected chi connectivity index (χ1v) is 7.62. The molecular formula is C17H16ClN3O3. The highest BCUT2D eigenvalue weighted by Crippen LogP contribution is 2.24. The van der Waals surface area contributed by atoms with E-state index in [-0.39, 0.29) is 5.91 Å². The fourth-order valence-corrected chi connectivity index (χ4v) is 2.49. The normalized spacial score (nSPS) is 10.6. The molecule has 1 aromatic carbocycles. The zero-order valence-corrected chi connectivity index (χ0v) is 14.0. The lowest BCUT2D eigenvalue weighted by Gasteiger charge is -2.10. The van der Waals surface area contributed by atoms with E-state index >= 15 is 0 Å². The summed E-state index contributed by atoms with van der Waals surface area (Å²) < 4.78 is 12.1. The minimum atomic E-state index is -0.271. The quantitative estimate of drug-likeness (QED) is 0.772. The molecule has 0 aliphatic carbocycles. The first-order chi connectivity index (χ1) is 11.6. The van der Waals surface area contributed by atoms with Crippen LogP contribution in [-0.4, -0.2) is 29.7 Å². The van der Waals surface area contributed by atoms with Crippen molar-refractivity contribution in [1.82, 2.24) is 14.9 Å². The second-order valence-corrected chi connectivity index (χ2v) is 5.54. The second kappa shape index (κ2) is 6.80. The minimum absolute atomic E-state index is 0.271. The van der Waals surface area contributed by atoms with Crippen LogP contribution in [0.1, 0.15) is 16.1 Å². The summed E-state index contributed by atoms with van der Waals surface area (Å²) in [5, 5.41) is 7.62. The van der Waals surface area contributed by atoms with E-state index in [4.69, 9.17) is 21.1 Å². The van der Waals surface area contributed by atoms with Crippen LogP contribution < -0.4 is 14.8 Å². The van der Waals surface area contributed by atoms with Gasteiger partial charge in [-0.15, -0.1) is 0 Å². The zero-order chi connectivity index (χ0) is 17.1. The molecule has 1 N–H and O–H groups in total. The summed E-state index contributed by atoms with van der Waals surface area (Å²) in [7, 11) is 3.16. The number of nitrogens with one attached hydrogen (secondary N) is 1. The average Bonchev–Trinajstić information content (AvgIpc) is 3.02. The van der Waals surface area contributed by atoms with E-state index in [1.54, 1.807) is 49.2 Å². The smallest absolute Gasteiger partial charge is 0.272 e. The molecule has 0 spiro atoms. The van der Waals surface area contributed by atoms with Gasteiger partial charge in [0.1, 0.15) is 11.5 Å². The first kappa shape index (κ1) is 16.1. The summed E-state index contributed by atoms with van der Waals surface area (Å²) in [6, 6.07) is 10.7. The van der Waals surface area contributed by atoms with Gasteiger partial charge in [-0.1, -0.05) is 11.6 Å². The number of pyridine rings is 1. The molecule has 0 unspecified atom stereocenters. The molecule has 0 fully saturated rings. The Morgan fingerprint density at radius 2 is 2.04 bits per heavy atom. The summed E-state index contributed by atoms with van der Waals surface area (Å²) in [4.78, 5) is 12.3. The fraction of sp³-hybridized carbons (Fsp3) is 0.176. The molecule has 1 amide bonds. The van der Waals surface area contributed by atoms with E-state index in [1.807, 2.05) is 12.1 Å². The van der Waals surface area contributed by atoms with Crippen molar-refractivity contribution in [3.05, 3.63) is 58.9 Å². The Labute approximate surface area is 143 Å². The maximum Gasteiger partial charge on any atom is 0.272 e. The molecule has 3 aromatic rings. The van der Waals surface area contributed by atoms with E-state index in [9.17, 15) is 4.79 Å². The third-order valence-corrected chi connectivity index (χ3v) is 3.81. The predicted molar refractivity (Wildman–Crippen MR) is 90.9 cm³/mol. The highest BCUT2D eigenvalue weighted by atomic mass is 35.5. The molecule has 0 saturated heterocycles. The van der Waals surface area contributed by atoms with Crippen molar-refractivity contribution >= 4 is 23.0 Å². The number of halogens is 1. The van der Waals surface area contributed by atoms with Gasteiger partial charge in [-0.3, -0.25) is 4.79 Å². The Balaban J connectivity index is 1.75. The predicted octanol–water partition coefficient (Wildman–Crippen LogP) is 2.93. The van der Waals surface area contributed by atoms with Crippen LogP contribution in [0.15, 0.2) is 42.6 Å². The Hall–Kier alpha value is -2.73. The molecule has 24 heavy (non-hydrogen) atoms. The molecule has 124 valence electrons. The number of methoxy groups -OCH3 is 2. The van der Waals surface area contributed by atoms with Crippen molar-refractivity contribution in [2.75, 3.05) is 14.2 Å². The van der Waals surface area contributed by atoms with Crippen LogP contribution in [0, 0.1) is 0 Å². The third kappa shape index (κ3) is 3.28. The van der Waals surface area contributed by atoms with Gasteiger partial charge in [0.25, 0.3) is 5.91 Å². The van der Waals surface area contributed by atoms with Crippen LogP contribution in [0.3, 0.4) is 0 Å². The highest BCUT2D eigenvalue weighted by Gasteiger charge is 2.12. The number of rotatable bonds is 5. The standard InChI is InChI=1S/C17H16ClN3O3/c1-23-14-6-3-11(16(8-14)24-2)9-19-17(22)15-7-13-5-4-12(18)10-21(13)20-15/h3-8,10H,9H2,1-2H3,(H,19,22). The number of carbonyl (C=O) groups excluding carboxylic acids is 1. The number of ether oxygens (including phenoxy) is 2. The minimum Gasteiger partial charge on any atom is -0.497 e. The summed E-state index contributed by atoms with van der Waals surface area (Å²) in [5.41, 5.74) is 1.97. The molecule has 2 aromatic heterocycles. The van der Waals surface area contributed by atoms with Crippen LogP contribution in [0.5, 0.6) is 11.5 Å². The van der Waals surface area contributed by atoms with Crippen LogP contribution in [0.25, 0.3) is 5.52 Å². The summed E-state index contributed by atoms with van der Waals surface area (Å²) in [5.74, 6) is 1.07. The van der Waals surface area contributed by atoms with Crippen LogP contribution in [0.4, 0.5) is 0 Å². The van der Waals surface area contributed by atoms with E-state index in [0.717, 1.165) is 11.1 Å². The van der Waals surface area contributed by atoms with E-state index < -0.39 is 0 Å². The molecule has 0 radical (unpaired) electrons. The summed E-state index contributed by atoms with van der Waals surface area (Å²) >= 11 is 5.92. The van der Waals surface area contributed by atoms with Crippen LogP contribution in [-0.2, 0) is 6.54 Å². The van der Waals surface area contributed by atoms with Crippen molar-refractivity contribution in [2.45, 2.75) is 6.54 Å². The van der Waals surface area contributed by atoms with Gasteiger partial charge in [0.15, 0.2) is 5.69 Å². The molecule has 0 atom stereocenters. The van der Waals surface area contributed by atoms with Gasteiger partial charge in [0.05, 0.1) is 24.8 Å². The lowest BCUT2D eigenvalue weighted by atomic mass is 10.2. The lowest BCUT2D eigenvalue weighted by molar-refractivity contribution is 0.0945. The van der Waals surface area contributed by atoms with Crippen molar-refractivity contribution in [1.29, 1.82) is 0 Å². The van der Waals surface area contributed by atoms with Crippen LogP contribution in [0.2, 0.25) is 5.02 Å². The van der Waals surface area contributed by atoms with Gasteiger partial charge in [0.2, 0.25) is 0 Å². The monoisotopic (exact) mass is 345 g/mol. The number of benzene rings is 1. The van der Waals surface area contributed by atoms with Gasteiger partial charge in [-0.2, -0.15) is 5.10 Å². The fourth-order valence-electron chi connectivity index (χ4n) is 2.34. The molecule has 6 nitrogen and oxygen atoms in total. The maximum atomic E-state index is 12.3. The topological polar surface area (TPSA) is 64.9 Å². The molecule has 0 saturated carbocycles. The maximum absolute atomic E-state index is 12.3. The second-order valence-electron chi connectivity index (χ2n) is 5.11. The van der Waals surface area contributed by atoms with E-state index in [1.165, 1.54) is 0 Å². The molecule has 0 aliphatic rings. The van der Waals surface area contributed by atoms with Crippen molar-refractivity contribution < 1.29 is 14.3 Å². The Morgan fingerprint density at radius 3 is 2.79 bits per heavy atom. The Morgan fingerprint density at radius 1 is 1.21 bits per heavy atom. The lowest BCUT2D eigenvalue weighted by Crippen LogP contribution is -2.23. The van der Waals surface area contributed by atoms with E-state index in [2.05, 4.69) is 10.4 Å². The molecular weight excluding hydrogens is 330 g/mol. The highest BCUT2D eigenvalue weighted by molar-refractivity contribution is 6.30. The largest absolute Gasteiger partial charge is 0.497 e. The molecule has 2 heterocycles. The SMILES string of the molecule is COc1ccc(CNC(=O)c2cc3ccc(Cl)cn3n2)c(OC)c1. The number of carbonyl (C=O) groups is 1. The third-order valence-electron chi connectivity index (χ3n) is 3.59. The average molecular weight is 346 g/mol. The molecule has 0 bridgehead atoms. The van der Waals surface area contributed by atoms with Crippen molar-refractivity contribution in [2.24, 2.45) is 0 Å². The molecule has 3 rings (SSSR count).